The number of pyridine rings is 1. The van der Waals surface area contributed by atoms with E-state index in [1.807, 2.05) is 30.3 Å². The molecule has 4 nitrogen and oxygen atoms in total. The maximum absolute atomic E-state index is 12.2. The Morgan fingerprint density at radius 1 is 1.15 bits per heavy atom. The number of hydrogen-bond donors (Lipinski definition) is 0. The number of Topliss-reactive ketones (excluding diaryl/α,β-unsaturated/α-hetero) is 1. The molecule has 4 heteroatoms. The van der Waals surface area contributed by atoms with Gasteiger partial charge in [0.1, 0.15) is 5.92 Å². The summed E-state index contributed by atoms with van der Waals surface area (Å²) in [5, 5.41) is 0. The summed E-state index contributed by atoms with van der Waals surface area (Å²) >= 11 is 0. The summed E-state index contributed by atoms with van der Waals surface area (Å²) in [6.07, 6.45) is 2.20. The van der Waals surface area contributed by atoms with Crippen molar-refractivity contribution in [1.29, 1.82) is 0 Å². The number of nitrogens with zero attached hydrogens (tertiary/aromatic N) is 1. The van der Waals surface area contributed by atoms with Gasteiger partial charge in [-0.25, -0.2) is 0 Å². The maximum Gasteiger partial charge on any atom is 0.316 e. The fourth-order valence-corrected chi connectivity index (χ4v) is 2.27. The van der Waals surface area contributed by atoms with E-state index in [1.165, 1.54) is 0 Å². The van der Waals surface area contributed by atoms with Crippen LogP contribution < -0.4 is 0 Å². The second kappa shape index (κ2) is 5.25. The lowest BCUT2D eigenvalue weighted by Crippen LogP contribution is -2.19. The Balaban J connectivity index is 1.83. The van der Waals surface area contributed by atoms with Crippen molar-refractivity contribution in [3.8, 4) is 11.3 Å². The zero-order chi connectivity index (χ0) is 13.9. The van der Waals surface area contributed by atoms with Gasteiger partial charge in [0.15, 0.2) is 5.78 Å². The second-order valence-electron chi connectivity index (χ2n) is 4.67. The number of rotatable bonds is 3. The number of carbonyl (C=O) groups excluding carboxylic acids is 2. The number of hydrogen-bond acceptors (Lipinski definition) is 4. The zero-order valence-corrected chi connectivity index (χ0v) is 10.8. The molecule has 1 aliphatic rings. The Hall–Kier alpha value is -2.49. The Labute approximate surface area is 116 Å². The van der Waals surface area contributed by atoms with E-state index in [1.54, 1.807) is 18.3 Å². The predicted molar refractivity (Wildman–Crippen MR) is 73.1 cm³/mol. The van der Waals surface area contributed by atoms with E-state index in [-0.39, 0.29) is 5.78 Å². The van der Waals surface area contributed by atoms with Gasteiger partial charge >= 0.3 is 5.97 Å². The average molecular weight is 267 g/mol. The van der Waals surface area contributed by atoms with Crippen LogP contribution in [-0.4, -0.2) is 23.3 Å². The van der Waals surface area contributed by atoms with Gasteiger partial charge in [-0.1, -0.05) is 30.3 Å². The minimum absolute atomic E-state index is 0.167. The largest absolute Gasteiger partial charge is 0.465 e. The van der Waals surface area contributed by atoms with E-state index in [0.717, 1.165) is 11.3 Å². The molecule has 1 unspecified atom stereocenters. The molecule has 1 atom stereocenters. The van der Waals surface area contributed by atoms with E-state index in [0.29, 0.717) is 18.6 Å². The van der Waals surface area contributed by atoms with Crippen LogP contribution in [0, 0.1) is 5.92 Å². The van der Waals surface area contributed by atoms with Crippen LogP contribution in [0.1, 0.15) is 16.8 Å². The molecule has 0 N–H and O–H groups in total. The van der Waals surface area contributed by atoms with E-state index in [2.05, 4.69) is 4.98 Å². The maximum atomic E-state index is 12.2. The lowest BCUT2D eigenvalue weighted by molar-refractivity contribution is -0.140. The minimum atomic E-state index is -0.643. The van der Waals surface area contributed by atoms with Gasteiger partial charge in [-0.3, -0.25) is 14.6 Å². The average Bonchev–Trinajstić information content (AvgIpc) is 2.94. The fraction of sp³-hybridized carbons (Fsp3) is 0.188. The van der Waals surface area contributed by atoms with Crippen molar-refractivity contribution in [2.24, 2.45) is 5.92 Å². The van der Waals surface area contributed by atoms with Crippen molar-refractivity contribution in [1.82, 2.24) is 4.98 Å². The molecule has 1 fully saturated rings. The molecule has 0 aliphatic carbocycles. The second-order valence-corrected chi connectivity index (χ2v) is 4.67. The number of carbonyl (C=O) groups is 2. The predicted octanol–water partition coefficient (Wildman–Crippen LogP) is 2.49. The Kier molecular flexibility index (Phi) is 3.29. The molecule has 1 aromatic carbocycles. The molecule has 0 radical (unpaired) electrons. The molecule has 3 rings (SSSR count). The number of ketones is 1. The molecule has 100 valence electrons. The molecule has 0 spiro atoms. The van der Waals surface area contributed by atoms with Crippen LogP contribution in [0.15, 0.2) is 48.7 Å². The highest BCUT2D eigenvalue weighted by Gasteiger charge is 2.33. The van der Waals surface area contributed by atoms with Gasteiger partial charge in [0.25, 0.3) is 0 Å². The lowest BCUT2D eigenvalue weighted by atomic mass is 9.95. The first-order valence-electron chi connectivity index (χ1n) is 6.48. The molecule has 2 heterocycles. The summed E-state index contributed by atoms with van der Waals surface area (Å²) in [6, 6.07) is 12.8. The molecular weight excluding hydrogens is 254 g/mol. The molecule has 0 bridgehead atoms. The monoisotopic (exact) mass is 267 g/mol. The van der Waals surface area contributed by atoms with E-state index in [9.17, 15) is 9.59 Å². The SMILES string of the molecule is O=C1OCCC1C(=O)c1ccc(-c2ccccn2)cc1. The summed E-state index contributed by atoms with van der Waals surface area (Å²) in [5.74, 6) is -1.22. The standard InChI is InChI=1S/C16H13NO3/c18-15(13-8-10-20-16(13)19)12-6-4-11(5-7-12)14-3-1-2-9-17-14/h1-7,9,13H,8,10H2. The van der Waals surface area contributed by atoms with Crippen molar-refractivity contribution in [2.75, 3.05) is 6.61 Å². The van der Waals surface area contributed by atoms with Crippen molar-refractivity contribution in [2.45, 2.75) is 6.42 Å². The van der Waals surface area contributed by atoms with E-state index in [4.69, 9.17) is 4.74 Å². The molecule has 20 heavy (non-hydrogen) atoms. The van der Waals surface area contributed by atoms with Gasteiger partial charge in [0, 0.05) is 23.7 Å². The zero-order valence-electron chi connectivity index (χ0n) is 10.8. The molecule has 2 aromatic rings. The topological polar surface area (TPSA) is 56.3 Å². The highest BCUT2D eigenvalue weighted by molar-refractivity contribution is 6.09. The first-order chi connectivity index (χ1) is 9.75. The van der Waals surface area contributed by atoms with E-state index < -0.39 is 11.9 Å². The van der Waals surface area contributed by atoms with Crippen LogP contribution in [0.5, 0.6) is 0 Å². The molecular formula is C16H13NO3. The normalized spacial score (nSPS) is 17.8. The van der Waals surface area contributed by atoms with Gasteiger partial charge in [-0.15, -0.1) is 0 Å². The quantitative estimate of drug-likeness (QED) is 0.487. The summed E-state index contributed by atoms with van der Waals surface area (Å²) in [5.41, 5.74) is 2.33. The Bertz CT molecular complexity index is 635. The minimum Gasteiger partial charge on any atom is -0.465 e. The number of ether oxygens (including phenoxy) is 1. The smallest absolute Gasteiger partial charge is 0.316 e. The number of benzene rings is 1. The van der Waals surface area contributed by atoms with Crippen LogP contribution in [0.25, 0.3) is 11.3 Å². The first kappa shape index (κ1) is 12.5. The third kappa shape index (κ3) is 2.32. The van der Waals surface area contributed by atoms with Gasteiger partial charge in [-0.05, 0) is 12.1 Å². The van der Waals surface area contributed by atoms with Crippen LogP contribution in [0.2, 0.25) is 0 Å². The summed E-state index contributed by atoms with van der Waals surface area (Å²) < 4.78 is 4.83. The van der Waals surface area contributed by atoms with Crippen molar-refractivity contribution >= 4 is 11.8 Å². The number of esters is 1. The van der Waals surface area contributed by atoms with Crippen molar-refractivity contribution in [3.63, 3.8) is 0 Å². The molecule has 1 saturated heterocycles. The third-order valence-corrected chi connectivity index (χ3v) is 3.38. The summed E-state index contributed by atoms with van der Waals surface area (Å²) in [4.78, 5) is 27.9. The Morgan fingerprint density at radius 3 is 2.55 bits per heavy atom. The summed E-state index contributed by atoms with van der Waals surface area (Å²) in [6.45, 7) is 0.335. The molecule has 1 aromatic heterocycles. The van der Waals surface area contributed by atoms with Crippen LogP contribution >= 0.6 is 0 Å². The number of cyclic esters (lactones) is 1. The first-order valence-corrected chi connectivity index (χ1v) is 6.48. The third-order valence-electron chi connectivity index (χ3n) is 3.38. The number of aromatic nitrogens is 1. The van der Waals surface area contributed by atoms with Crippen LogP contribution in [-0.2, 0) is 9.53 Å². The van der Waals surface area contributed by atoms with Crippen molar-refractivity contribution in [3.05, 3.63) is 54.2 Å². The van der Waals surface area contributed by atoms with Gasteiger partial charge in [0.05, 0.1) is 12.3 Å². The van der Waals surface area contributed by atoms with Crippen LogP contribution in [0.4, 0.5) is 0 Å². The van der Waals surface area contributed by atoms with Gasteiger partial charge < -0.3 is 4.74 Å². The highest BCUT2D eigenvalue weighted by Crippen LogP contribution is 2.22. The van der Waals surface area contributed by atoms with Gasteiger partial charge in [-0.2, -0.15) is 0 Å². The molecule has 1 aliphatic heterocycles. The summed E-state index contributed by atoms with van der Waals surface area (Å²) in [7, 11) is 0. The fourth-order valence-electron chi connectivity index (χ4n) is 2.27. The molecule has 0 amide bonds. The van der Waals surface area contributed by atoms with E-state index >= 15 is 0 Å². The van der Waals surface area contributed by atoms with Crippen molar-refractivity contribution < 1.29 is 14.3 Å². The van der Waals surface area contributed by atoms with Gasteiger partial charge in [0.2, 0.25) is 0 Å². The Morgan fingerprint density at radius 2 is 1.95 bits per heavy atom. The lowest BCUT2D eigenvalue weighted by Gasteiger charge is -2.06. The highest BCUT2D eigenvalue weighted by atomic mass is 16.5. The molecule has 0 saturated carbocycles. The van der Waals surface area contributed by atoms with Crippen LogP contribution in [0.3, 0.4) is 0 Å².